The third-order valence-electron chi connectivity index (χ3n) is 4.73. The Balaban J connectivity index is 1.88. The van der Waals surface area contributed by atoms with Crippen molar-refractivity contribution >= 4 is 28.7 Å². The lowest BCUT2D eigenvalue weighted by Crippen LogP contribution is -2.30. The minimum absolute atomic E-state index is 0.0141. The number of hydrogen-bond donors (Lipinski definition) is 0. The number of nitro groups is 1. The summed E-state index contributed by atoms with van der Waals surface area (Å²) in [6.45, 7) is 6.62. The van der Waals surface area contributed by atoms with Crippen molar-refractivity contribution in [1.29, 1.82) is 0 Å². The zero-order valence-electron chi connectivity index (χ0n) is 17.2. The molecule has 154 valence electrons. The first-order valence-corrected chi connectivity index (χ1v) is 9.37. The van der Waals surface area contributed by atoms with Gasteiger partial charge in [-0.3, -0.25) is 14.9 Å². The lowest BCUT2D eigenvalue weighted by molar-refractivity contribution is -0.384. The number of benzene rings is 2. The molecule has 0 heterocycles. The number of likely N-dealkylation sites (N-methyl/N-ethyl adjacent to an activating group) is 1. The molecule has 0 radical (unpaired) electrons. The molecule has 0 saturated carbocycles. The summed E-state index contributed by atoms with van der Waals surface area (Å²) in [5, 5.41) is 18.9. The van der Waals surface area contributed by atoms with Crippen molar-refractivity contribution in [1.82, 2.24) is 0 Å². The van der Waals surface area contributed by atoms with Crippen LogP contribution in [0.15, 0.2) is 58.8 Å². The van der Waals surface area contributed by atoms with Gasteiger partial charge in [0.05, 0.1) is 28.3 Å². The molecule has 2 rings (SSSR count). The molecular formula is C21H26N4O4. The van der Waals surface area contributed by atoms with Crippen LogP contribution in [0.1, 0.15) is 27.2 Å². The largest absolute Gasteiger partial charge is 0.463 e. The Hall–Kier alpha value is -3.29. The van der Waals surface area contributed by atoms with Crippen molar-refractivity contribution in [2.45, 2.75) is 27.2 Å². The van der Waals surface area contributed by atoms with Crippen molar-refractivity contribution in [3.8, 4) is 0 Å². The SMILES string of the molecule is CCC(C)(C)C(=O)OCCN(C)c1ccc(N=Nc2ccc([N+](=O)[O-])cc2)cc1. The van der Waals surface area contributed by atoms with Crippen LogP contribution >= 0.6 is 0 Å². The van der Waals surface area contributed by atoms with Gasteiger partial charge in [-0.25, -0.2) is 0 Å². The van der Waals surface area contributed by atoms with E-state index >= 15 is 0 Å². The van der Waals surface area contributed by atoms with Crippen LogP contribution in [0.25, 0.3) is 0 Å². The normalized spacial score (nSPS) is 11.4. The summed E-state index contributed by atoms with van der Waals surface area (Å²) in [5.74, 6) is -0.185. The maximum atomic E-state index is 12.0. The lowest BCUT2D eigenvalue weighted by Gasteiger charge is -2.23. The van der Waals surface area contributed by atoms with Gasteiger partial charge in [-0.2, -0.15) is 10.2 Å². The van der Waals surface area contributed by atoms with E-state index in [0.29, 0.717) is 24.5 Å². The van der Waals surface area contributed by atoms with E-state index in [-0.39, 0.29) is 11.7 Å². The average molecular weight is 398 g/mol. The zero-order chi connectivity index (χ0) is 21.4. The molecule has 0 saturated heterocycles. The molecule has 8 heteroatoms. The maximum absolute atomic E-state index is 12.0. The molecule has 0 aromatic heterocycles. The van der Waals surface area contributed by atoms with Gasteiger partial charge in [0, 0.05) is 24.9 Å². The highest BCUT2D eigenvalue weighted by Crippen LogP contribution is 2.24. The molecule has 2 aromatic carbocycles. The number of non-ortho nitro benzene ring substituents is 1. The third-order valence-corrected chi connectivity index (χ3v) is 4.73. The van der Waals surface area contributed by atoms with E-state index in [9.17, 15) is 14.9 Å². The van der Waals surface area contributed by atoms with Crippen LogP contribution in [0, 0.1) is 15.5 Å². The number of rotatable bonds is 9. The first-order valence-electron chi connectivity index (χ1n) is 9.37. The van der Waals surface area contributed by atoms with Crippen LogP contribution in [-0.4, -0.2) is 31.1 Å². The van der Waals surface area contributed by atoms with Crippen molar-refractivity contribution in [2.24, 2.45) is 15.6 Å². The number of carbonyl (C=O) groups excluding carboxylic acids is 1. The first kappa shape index (κ1) is 22.0. The second-order valence-corrected chi connectivity index (χ2v) is 7.28. The van der Waals surface area contributed by atoms with Crippen molar-refractivity contribution in [3.63, 3.8) is 0 Å². The topological polar surface area (TPSA) is 97.4 Å². The molecule has 0 aliphatic carbocycles. The fourth-order valence-electron chi connectivity index (χ4n) is 2.27. The number of carbonyl (C=O) groups is 1. The Morgan fingerprint density at radius 1 is 1.07 bits per heavy atom. The maximum Gasteiger partial charge on any atom is 0.311 e. The number of ether oxygens (including phenoxy) is 1. The summed E-state index contributed by atoms with van der Waals surface area (Å²) in [5.41, 5.74) is 1.71. The van der Waals surface area contributed by atoms with E-state index in [1.54, 1.807) is 12.1 Å². The molecular weight excluding hydrogens is 372 g/mol. The summed E-state index contributed by atoms with van der Waals surface area (Å²) in [6.07, 6.45) is 0.734. The number of esters is 1. The molecule has 0 bridgehead atoms. The number of anilines is 1. The van der Waals surface area contributed by atoms with Crippen molar-refractivity contribution < 1.29 is 14.5 Å². The highest BCUT2D eigenvalue weighted by atomic mass is 16.6. The van der Waals surface area contributed by atoms with Crippen molar-refractivity contribution in [3.05, 3.63) is 58.6 Å². The Labute approximate surface area is 170 Å². The fourth-order valence-corrected chi connectivity index (χ4v) is 2.27. The van der Waals surface area contributed by atoms with E-state index in [1.807, 2.05) is 57.0 Å². The van der Waals surface area contributed by atoms with Gasteiger partial charge >= 0.3 is 5.97 Å². The Morgan fingerprint density at radius 3 is 2.07 bits per heavy atom. The number of hydrogen-bond acceptors (Lipinski definition) is 7. The van der Waals surface area contributed by atoms with E-state index < -0.39 is 10.3 Å². The Morgan fingerprint density at radius 2 is 1.59 bits per heavy atom. The lowest BCUT2D eigenvalue weighted by atomic mass is 9.91. The summed E-state index contributed by atoms with van der Waals surface area (Å²) in [4.78, 5) is 24.2. The van der Waals surface area contributed by atoms with E-state index in [1.165, 1.54) is 12.1 Å². The van der Waals surface area contributed by atoms with Crippen LogP contribution in [0.3, 0.4) is 0 Å². The van der Waals surface area contributed by atoms with Gasteiger partial charge in [-0.05, 0) is 56.7 Å². The molecule has 0 aliphatic rings. The second kappa shape index (κ2) is 9.77. The molecule has 8 nitrogen and oxygen atoms in total. The zero-order valence-corrected chi connectivity index (χ0v) is 17.2. The minimum Gasteiger partial charge on any atom is -0.463 e. The Kier molecular flexibility index (Phi) is 7.41. The molecule has 0 aliphatic heterocycles. The van der Waals surface area contributed by atoms with E-state index in [2.05, 4.69) is 10.2 Å². The van der Waals surface area contributed by atoms with Crippen molar-refractivity contribution in [2.75, 3.05) is 25.1 Å². The van der Waals surface area contributed by atoms with Gasteiger partial charge in [-0.1, -0.05) is 6.92 Å². The molecule has 0 N–H and O–H groups in total. The molecule has 0 fully saturated rings. The van der Waals surface area contributed by atoms with Crippen LogP contribution in [0.5, 0.6) is 0 Å². The Bertz CT molecular complexity index is 861. The van der Waals surface area contributed by atoms with Crippen LogP contribution in [-0.2, 0) is 9.53 Å². The van der Waals surface area contributed by atoms with Gasteiger partial charge in [0.15, 0.2) is 0 Å². The van der Waals surface area contributed by atoms with Crippen LogP contribution in [0.4, 0.5) is 22.7 Å². The third kappa shape index (κ3) is 6.38. The second-order valence-electron chi connectivity index (χ2n) is 7.28. The van der Waals surface area contributed by atoms with Gasteiger partial charge in [0.25, 0.3) is 5.69 Å². The predicted octanol–water partition coefficient (Wildman–Crippen LogP) is 5.43. The molecule has 29 heavy (non-hydrogen) atoms. The average Bonchev–Trinajstić information content (AvgIpc) is 2.72. The standard InChI is InChI=1S/C21H26N4O4/c1-5-21(2,3)20(26)29-15-14-24(4)18-10-6-16(7-11-18)22-23-17-8-12-19(13-9-17)25(27)28/h6-13H,5,14-15H2,1-4H3. The smallest absolute Gasteiger partial charge is 0.311 e. The fraction of sp³-hybridized carbons (Fsp3) is 0.381. The monoisotopic (exact) mass is 398 g/mol. The number of nitrogens with zero attached hydrogens (tertiary/aromatic N) is 4. The van der Waals surface area contributed by atoms with Crippen LogP contribution in [0.2, 0.25) is 0 Å². The molecule has 0 atom stereocenters. The number of nitro benzene ring substituents is 1. The summed E-state index contributed by atoms with van der Waals surface area (Å²) in [6, 6.07) is 13.3. The first-order chi connectivity index (χ1) is 13.7. The minimum atomic E-state index is -0.463. The van der Waals surface area contributed by atoms with E-state index in [0.717, 1.165) is 12.1 Å². The van der Waals surface area contributed by atoms with Gasteiger partial charge in [0.1, 0.15) is 6.61 Å². The predicted molar refractivity (Wildman–Crippen MR) is 112 cm³/mol. The summed E-state index contributed by atoms with van der Waals surface area (Å²) >= 11 is 0. The van der Waals surface area contributed by atoms with Gasteiger partial charge in [-0.15, -0.1) is 0 Å². The summed E-state index contributed by atoms with van der Waals surface area (Å²) in [7, 11) is 1.92. The quantitative estimate of drug-likeness (QED) is 0.243. The molecule has 2 aromatic rings. The number of azo groups is 1. The van der Waals surface area contributed by atoms with Gasteiger partial charge in [0.2, 0.25) is 0 Å². The van der Waals surface area contributed by atoms with Gasteiger partial charge < -0.3 is 9.64 Å². The highest BCUT2D eigenvalue weighted by molar-refractivity contribution is 5.75. The van der Waals surface area contributed by atoms with Crippen LogP contribution < -0.4 is 4.90 Å². The molecule has 0 spiro atoms. The molecule has 0 amide bonds. The summed E-state index contributed by atoms with van der Waals surface area (Å²) < 4.78 is 5.37. The molecule has 0 unspecified atom stereocenters. The van der Waals surface area contributed by atoms with E-state index in [4.69, 9.17) is 4.74 Å². The highest BCUT2D eigenvalue weighted by Gasteiger charge is 2.26.